The van der Waals surface area contributed by atoms with Gasteiger partial charge in [-0.2, -0.15) is 11.8 Å². The minimum atomic E-state index is -0.0658. The molecule has 0 radical (unpaired) electrons. The van der Waals surface area contributed by atoms with Crippen LogP contribution in [0.4, 0.5) is 0 Å². The summed E-state index contributed by atoms with van der Waals surface area (Å²) in [5, 5.41) is 0. The van der Waals surface area contributed by atoms with Crippen molar-refractivity contribution in [2.24, 2.45) is 0 Å². The molecule has 3 heteroatoms. The van der Waals surface area contributed by atoms with E-state index in [1.165, 1.54) is 5.75 Å². The van der Waals surface area contributed by atoms with Crippen molar-refractivity contribution in [1.29, 1.82) is 0 Å². The van der Waals surface area contributed by atoms with E-state index in [-0.39, 0.29) is 11.2 Å². The summed E-state index contributed by atoms with van der Waals surface area (Å²) in [5.41, 5.74) is -0.113. The van der Waals surface area contributed by atoms with Crippen LogP contribution in [0.3, 0.4) is 0 Å². The van der Waals surface area contributed by atoms with Crippen LogP contribution in [0.15, 0.2) is 0 Å². The first-order chi connectivity index (χ1) is 7.27. The van der Waals surface area contributed by atoms with Gasteiger partial charge in [0.25, 0.3) is 0 Å². The van der Waals surface area contributed by atoms with E-state index in [9.17, 15) is 0 Å². The highest BCUT2D eigenvalue weighted by atomic mass is 32.2. The highest BCUT2D eigenvalue weighted by Crippen LogP contribution is 2.17. The zero-order valence-electron chi connectivity index (χ0n) is 11.8. The van der Waals surface area contributed by atoms with Gasteiger partial charge < -0.3 is 9.47 Å². The van der Waals surface area contributed by atoms with Gasteiger partial charge in [-0.15, -0.1) is 0 Å². The minimum Gasteiger partial charge on any atom is -0.376 e. The largest absolute Gasteiger partial charge is 0.376 e. The number of ether oxygens (including phenoxy) is 2. The third-order valence-electron chi connectivity index (χ3n) is 2.22. The van der Waals surface area contributed by atoms with Gasteiger partial charge in [-0.3, -0.25) is 0 Å². The lowest BCUT2D eigenvalue weighted by Gasteiger charge is -2.27. The molecule has 0 N–H and O–H groups in total. The van der Waals surface area contributed by atoms with Gasteiger partial charge in [0.2, 0.25) is 0 Å². The van der Waals surface area contributed by atoms with Gasteiger partial charge in [0.1, 0.15) is 0 Å². The maximum absolute atomic E-state index is 5.85. The molecule has 0 rings (SSSR count). The lowest BCUT2D eigenvalue weighted by molar-refractivity contribution is -0.0660. The molecule has 0 aromatic rings. The lowest BCUT2D eigenvalue weighted by atomic mass is 10.1. The maximum atomic E-state index is 5.85. The Morgan fingerprint density at radius 1 is 0.938 bits per heavy atom. The van der Waals surface area contributed by atoms with Crippen LogP contribution in [0.2, 0.25) is 0 Å². The Labute approximate surface area is 105 Å². The van der Waals surface area contributed by atoms with Crippen LogP contribution < -0.4 is 0 Å². The molecule has 98 valence electrons. The molecule has 16 heavy (non-hydrogen) atoms. The third kappa shape index (κ3) is 10.8. The Balaban J connectivity index is 3.62. The molecule has 0 heterocycles. The van der Waals surface area contributed by atoms with Gasteiger partial charge >= 0.3 is 0 Å². The fraction of sp³-hybridized carbons (Fsp3) is 1.00. The summed E-state index contributed by atoms with van der Waals surface area (Å²) in [6, 6.07) is 0. The topological polar surface area (TPSA) is 18.5 Å². The number of hydrogen-bond acceptors (Lipinski definition) is 3. The maximum Gasteiger partial charge on any atom is 0.0648 e. The van der Waals surface area contributed by atoms with Crippen molar-refractivity contribution < 1.29 is 9.47 Å². The number of hydrogen-bond donors (Lipinski definition) is 0. The van der Waals surface area contributed by atoms with Crippen LogP contribution in [-0.4, -0.2) is 36.4 Å². The van der Waals surface area contributed by atoms with Gasteiger partial charge in [-0.25, -0.2) is 0 Å². The molecule has 0 saturated carbocycles. The van der Waals surface area contributed by atoms with E-state index >= 15 is 0 Å². The van der Waals surface area contributed by atoms with Gasteiger partial charge in [0.15, 0.2) is 0 Å². The lowest BCUT2D eigenvalue weighted by Crippen LogP contribution is -2.29. The van der Waals surface area contributed by atoms with Crippen molar-refractivity contribution in [2.75, 3.05) is 25.2 Å². The van der Waals surface area contributed by atoms with Crippen LogP contribution in [0.1, 0.15) is 47.5 Å². The first kappa shape index (κ1) is 16.3. The standard InChI is InChI=1S/C13H28O2S/c1-12(2,3)14-10-8-13(4,5)15-9-7-11-16-6/h7-11H2,1-6H3. The molecule has 0 unspecified atom stereocenters. The average molecular weight is 248 g/mol. The van der Waals surface area contributed by atoms with Crippen LogP contribution in [-0.2, 0) is 9.47 Å². The van der Waals surface area contributed by atoms with E-state index < -0.39 is 0 Å². The summed E-state index contributed by atoms with van der Waals surface area (Å²) in [6.45, 7) is 12.1. The molecule has 0 spiro atoms. The third-order valence-corrected chi connectivity index (χ3v) is 2.92. The van der Waals surface area contributed by atoms with Crippen molar-refractivity contribution in [2.45, 2.75) is 58.7 Å². The Morgan fingerprint density at radius 2 is 1.56 bits per heavy atom. The summed E-state index contributed by atoms with van der Waals surface area (Å²) in [6.07, 6.45) is 4.20. The van der Waals surface area contributed by atoms with Gasteiger partial charge in [-0.1, -0.05) is 0 Å². The first-order valence-corrected chi connectivity index (χ1v) is 7.43. The van der Waals surface area contributed by atoms with E-state index in [4.69, 9.17) is 9.47 Å². The summed E-state index contributed by atoms with van der Waals surface area (Å²) in [7, 11) is 0. The second kappa shape index (κ2) is 7.57. The monoisotopic (exact) mass is 248 g/mol. The quantitative estimate of drug-likeness (QED) is 0.610. The predicted octanol–water partition coefficient (Wildman–Crippen LogP) is 3.74. The highest BCUT2D eigenvalue weighted by Gasteiger charge is 2.19. The van der Waals surface area contributed by atoms with Gasteiger partial charge in [0.05, 0.1) is 11.2 Å². The number of rotatable bonds is 8. The summed E-state index contributed by atoms with van der Waals surface area (Å²) >= 11 is 1.87. The SMILES string of the molecule is CSCCCOC(C)(C)CCOC(C)(C)C. The fourth-order valence-corrected chi connectivity index (χ4v) is 1.63. The smallest absolute Gasteiger partial charge is 0.0648 e. The molecular weight excluding hydrogens is 220 g/mol. The zero-order chi connectivity index (χ0) is 12.7. The molecule has 0 saturated heterocycles. The zero-order valence-corrected chi connectivity index (χ0v) is 12.6. The van der Waals surface area contributed by atoms with Crippen LogP contribution in [0.25, 0.3) is 0 Å². The van der Waals surface area contributed by atoms with Gasteiger partial charge in [-0.05, 0) is 59.5 Å². The van der Waals surface area contributed by atoms with E-state index in [0.29, 0.717) is 0 Å². The van der Waals surface area contributed by atoms with Crippen molar-refractivity contribution in [3.8, 4) is 0 Å². The van der Waals surface area contributed by atoms with Crippen molar-refractivity contribution in [3.05, 3.63) is 0 Å². The average Bonchev–Trinajstić information content (AvgIpc) is 2.10. The fourth-order valence-electron chi connectivity index (χ4n) is 1.23. The molecule has 0 aliphatic heterocycles. The normalized spacial score (nSPS) is 13.1. The van der Waals surface area contributed by atoms with Crippen molar-refractivity contribution in [3.63, 3.8) is 0 Å². The second-order valence-corrected chi connectivity index (χ2v) is 6.65. The highest BCUT2D eigenvalue weighted by molar-refractivity contribution is 7.98. The molecule has 0 aromatic heterocycles. The van der Waals surface area contributed by atoms with E-state index in [2.05, 4.69) is 40.9 Å². The Hall–Kier alpha value is 0.270. The minimum absolute atomic E-state index is 0.0467. The Kier molecular flexibility index (Phi) is 7.70. The molecule has 0 aliphatic rings. The molecule has 0 atom stereocenters. The molecule has 0 fully saturated rings. The van der Waals surface area contributed by atoms with Crippen molar-refractivity contribution >= 4 is 11.8 Å². The van der Waals surface area contributed by atoms with Crippen LogP contribution in [0.5, 0.6) is 0 Å². The molecular formula is C13H28O2S. The van der Waals surface area contributed by atoms with Crippen molar-refractivity contribution in [1.82, 2.24) is 0 Å². The van der Waals surface area contributed by atoms with E-state index in [1.54, 1.807) is 0 Å². The predicted molar refractivity (Wildman–Crippen MR) is 73.4 cm³/mol. The van der Waals surface area contributed by atoms with Crippen LogP contribution >= 0.6 is 11.8 Å². The van der Waals surface area contributed by atoms with E-state index in [1.807, 2.05) is 11.8 Å². The molecule has 0 aliphatic carbocycles. The summed E-state index contributed by atoms with van der Waals surface area (Å²) < 4.78 is 11.6. The first-order valence-electron chi connectivity index (χ1n) is 6.04. The molecule has 0 amide bonds. The number of thioether (sulfide) groups is 1. The Morgan fingerprint density at radius 3 is 2.06 bits per heavy atom. The van der Waals surface area contributed by atoms with Gasteiger partial charge in [0, 0.05) is 13.2 Å². The van der Waals surface area contributed by atoms with E-state index in [0.717, 1.165) is 26.1 Å². The molecule has 0 aromatic carbocycles. The molecule has 0 bridgehead atoms. The second-order valence-electron chi connectivity index (χ2n) is 5.67. The summed E-state index contributed by atoms with van der Waals surface area (Å²) in [4.78, 5) is 0. The van der Waals surface area contributed by atoms with Crippen LogP contribution in [0, 0.1) is 0 Å². The Bertz CT molecular complexity index is 173. The summed E-state index contributed by atoms with van der Waals surface area (Å²) in [5.74, 6) is 1.18. The molecule has 2 nitrogen and oxygen atoms in total.